The van der Waals surface area contributed by atoms with Gasteiger partial charge in [0.15, 0.2) is 0 Å². The molecule has 7 heteroatoms. The molecule has 1 aliphatic rings. The van der Waals surface area contributed by atoms with Crippen LogP contribution in [0.2, 0.25) is 0 Å². The Morgan fingerprint density at radius 3 is 2.92 bits per heavy atom. The summed E-state index contributed by atoms with van der Waals surface area (Å²) in [5, 5.41) is 6.34. The highest BCUT2D eigenvalue weighted by molar-refractivity contribution is 5.95. The number of rotatable bonds is 5. The number of hydrogen-bond acceptors (Lipinski definition) is 5. The van der Waals surface area contributed by atoms with Crippen molar-refractivity contribution in [1.82, 2.24) is 24.8 Å². The van der Waals surface area contributed by atoms with Crippen LogP contribution in [0.25, 0.3) is 0 Å². The highest BCUT2D eigenvalue weighted by atomic mass is 16.1. The molecule has 2 heterocycles. The minimum Gasteiger partial charge on any atom is -0.347 e. The summed E-state index contributed by atoms with van der Waals surface area (Å²) in [5.41, 5.74) is 1.42. The van der Waals surface area contributed by atoms with E-state index in [1.54, 1.807) is 24.8 Å². The molecule has 1 amide bonds. The van der Waals surface area contributed by atoms with E-state index < -0.39 is 0 Å². The molecule has 1 saturated carbocycles. The Labute approximate surface area is 151 Å². The van der Waals surface area contributed by atoms with Crippen LogP contribution in [-0.2, 0) is 0 Å². The quantitative estimate of drug-likeness (QED) is 0.740. The summed E-state index contributed by atoms with van der Waals surface area (Å²) in [7, 11) is 0. The normalized spacial score (nSPS) is 19.2. The van der Waals surface area contributed by atoms with E-state index in [1.165, 1.54) is 0 Å². The highest BCUT2D eigenvalue weighted by Crippen LogP contribution is 2.30. The van der Waals surface area contributed by atoms with E-state index in [-0.39, 0.29) is 18.0 Å². The van der Waals surface area contributed by atoms with Crippen molar-refractivity contribution >= 4 is 17.4 Å². The Morgan fingerprint density at radius 1 is 1.15 bits per heavy atom. The zero-order valence-corrected chi connectivity index (χ0v) is 14.2. The van der Waals surface area contributed by atoms with E-state index in [2.05, 4.69) is 30.2 Å². The van der Waals surface area contributed by atoms with Gasteiger partial charge in [0.1, 0.15) is 5.82 Å². The maximum Gasteiger partial charge on any atom is 0.251 e. The smallest absolute Gasteiger partial charge is 0.251 e. The molecular weight excluding hydrogens is 328 g/mol. The van der Waals surface area contributed by atoms with E-state index in [0.717, 1.165) is 24.9 Å². The predicted molar refractivity (Wildman–Crippen MR) is 98.1 cm³/mol. The van der Waals surface area contributed by atoms with Crippen LogP contribution in [0.3, 0.4) is 0 Å². The predicted octanol–water partition coefficient (Wildman–Crippen LogP) is 2.94. The van der Waals surface area contributed by atoms with Crippen LogP contribution < -0.4 is 10.6 Å². The monoisotopic (exact) mass is 348 g/mol. The second kappa shape index (κ2) is 7.35. The third-order valence-corrected chi connectivity index (χ3v) is 4.66. The minimum absolute atomic E-state index is 0.0650. The number of nitrogens with zero attached hydrogens (tertiary/aromatic N) is 4. The Morgan fingerprint density at radius 2 is 2.12 bits per heavy atom. The molecule has 2 aromatic heterocycles. The lowest BCUT2D eigenvalue weighted by Crippen LogP contribution is -2.38. The molecule has 0 saturated heterocycles. The SMILES string of the molecule is O=C(N[C@H]1CCC[C@@H]1n1ccnc1)c1cccc(Nc2cnccn2)c1. The molecule has 2 N–H and O–H groups in total. The van der Waals surface area contributed by atoms with Gasteiger partial charge in [0.25, 0.3) is 5.91 Å². The second-order valence-corrected chi connectivity index (χ2v) is 6.38. The number of benzene rings is 1. The van der Waals surface area contributed by atoms with Crippen LogP contribution in [-0.4, -0.2) is 31.5 Å². The van der Waals surface area contributed by atoms with E-state index in [9.17, 15) is 4.79 Å². The van der Waals surface area contributed by atoms with Crippen molar-refractivity contribution in [2.24, 2.45) is 0 Å². The zero-order valence-electron chi connectivity index (χ0n) is 14.2. The average molecular weight is 348 g/mol. The Balaban J connectivity index is 1.45. The molecule has 3 aromatic rings. The van der Waals surface area contributed by atoms with Gasteiger partial charge in [0.05, 0.1) is 18.6 Å². The number of amides is 1. The number of carbonyl (C=O) groups excluding carboxylic acids is 1. The van der Waals surface area contributed by atoms with Gasteiger partial charge in [-0.3, -0.25) is 9.78 Å². The van der Waals surface area contributed by atoms with Crippen molar-refractivity contribution in [3.05, 3.63) is 67.1 Å². The standard InChI is InChI=1S/C19H20N6O/c26-19(24-16-5-2-6-17(16)25-10-9-21-13-25)14-3-1-4-15(11-14)23-18-12-20-7-8-22-18/h1,3-4,7-13,16-17H,2,5-6H2,(H,22,23)(H,24,26)/t16-,17-/m0/s1. The summed E-state index contributed by atoms with van der Waals surface area (Å²) in [5.74, 6) is 0.575. The van der Waals surface area contributed by atoms with Gasteiger partial charge in [0, 0.05) is 42.1 Å². The first-order valence-corrected chi connectivity index (χ1v) is 8.71. The van der Waals surface area contributed by atoms with Crippen LogP contribution in [0.15, 0.2) is 61.6 Å². The fourth-order valence-corrected chi connectivity index (χ4v) is 3.43. The van der Waals surface area contributed by atoms with E-state index >= 15 is 0 Å². The number of nitrogens with one attached hydrogen (secondary N) is 2. The van der Waals surface area contributed by atoms with Crippen molar-refractivity contribution in [2.75, 3.05) is 5.32 Å². The van der Waals surface area contributed by atoms with Crippen molar-refractivity contribution in [1.29, 1.82) is 0 Å². The van der Waals surface area contributed by atoms with Gasteiger partial charge in [-0.2, -0.15) is 0 Å². The topological polar surface area (TPSA) is 84.7 Å². The van der Waals surface area contributed by atoms with Crippen molar-refractivity contribution < 1.29 is 4.79 Å². The molecule has 0 spiro atoms. The summed E-state index contributed by atoms with van der Waals surface area (Å²) in [6.45, 7) is 0. The second-order valence-electron chi connectivity index (χ2n) is 6.38. The highest BCUT2D eigenvalue weighted by Gasteiger charge is 2.29. The number of imidazole rings is 1. The number of aromatic nitrogens is 4. The first-order chi connectivity index (χ1) is 12.8. The molecule has 7 nitrogen and oxygen atoms in total. The lowest BCUT2D eigenvalue weighted by atomic mass is 10.1. The summed E-state index contributed by atoms with van der Waals surface area (Å²) in [6, 6.07) is 7.78. The van der Waals surface area contributed by atoms with Gasteiger partial charge in [0.2, 0.25) is 0 Å². The Bertz CT molecular complexity index is 865. The fraction of sp³-hybridized carbons (Fsp3) is 0.263. The molecule has 0 radical (unpaired) electrons. The van der Waals surface area contributed by atoms with E-state index in [1.807, 2.05) is 36.8 Å². The number of anilines is 2. The summed E-state index contributed by atoms with van der Waals surface area (Å²) < 4.78 is 2.09. The van der Waals surface area contributed by atoms with Crippen molar-refractivity contribution in [3.8, 4) is 0 Å². The largest absolute Gasteiger partial charge is 0.347 e. The van der Waals surface area contributed by atoms with Gasteiger partial charge in [-0.15, -0.1) is 0 Å². The van der Waals surface area contributed by atoms with Crippen LogP contribution in [0, 0.1) is 0 Å². The summed E-state index contributed by atoms with van der Waals surface area (Å²) in [4.78, 5) is 25.1. The molecule has 0 aliphatic heterocycles. The number of carbonyl (C=O) groups is 1. The minimum atomic E-state index is -0.0650. The van der Waals surface area contributed by atoms with Crippen LogP contribution in [0.5, 0.6) is 0 Å². The van der Waals surface area contributed by atoms with Gasteiger partial charge in [-0.25, -0.2) is 9.97 Å². The Hall–Kier alpha value is -3.22. The maximum atomic E-state index is 12.7. The molecule has 26 heavy (non-hydrogen) atoms. The third kappa shape index (κ3) is 3.56. The van der Waals surface area contributed by atoms with Gasteiger partial charge in [-0.05, 0) is 37.5 Å². The first-order valence-electron chi connectivity index (χ1n) is 8.71. The maximum absolute atomic E-state index is 12.7. The molecule has 2 atom stereocenters. The molecule has 1 aromatic carbocycles. The van der Waals surface area contributed by atoms with E-state index in [0.29, 0.717) is 11.4 Å². The van der Waals surface area contributed by atoms with Crippen LogP contribution >= 0.6 is 0 Å². The molecular formula is C19H20N6O. The number of hydrogen-bond donors (Lipinski definition) is 2. The zero-order chi connectivity index (χ0) is 17.8. The van der Waals surface area contributed by atoms with Gasteiger partial charge >= 0.3 is 0 Å². The summed E-state index contributed by atoms with van der Waals surface area (Å²) >= 11 is 0. The van der Waals surface area contributed by atoms with Gasteiger partial charge in [-0.1, -0.05) is 6.07 Å². The van der Waals surface area contributed by atoms with E-state index in [4.69, 9.17) is 0 Å². The first kappa shape index (κ1) is 16.3. The molecule has 1 aliphatic carbocycles. The molecule has 0 unspecified atom stereocenters. The molecule has 4 rings (SSSR count). The molecule has 132 valence electrons. The lowest BCUT2D eigenvalue weighted by molar-refractivity contribution is 0.0929. The van der Waals surface area contributed by atoms with Crippen LogP contribution in [0.4, 0.5) is 11.5 Å². The van der Waals surface area contributed by atoms with Crippen molar-refractivity contribution in [2.45, 2.75) is 31.3 Å². The molecule has 1 fully saturated rings. The van der Waals surface area contributed by atoms with Gasteiger partial charge < -0.3 is 15.2 Å². The lowest BCUT2D eigenvalue weighted by Gasteiger charge is -2.22. The fourth-order valence-electron chi connectivity index (χ4n) is 3.43. The summed E-state index contributed by atoms with van der Waals surface area (Å²) in [6.07, 6.45) is 13.6. The third-order valence-electron chi connectivity index (χ3n) is 4.66. The van der Waals surface area contributed by atoms with Crippen molar-refractivity contribution in [3.63, 3.8) is 0 Å². The van der Waals surface area contributed by atoms with Crippen LogP contribution in [0.1, 0.15) is 35.7 Å². The molecule has 0 bridgehead atoms. The average Bonchev–Trinajstić information content (AvgIpc) is 3.34. The Kier molecular flexibility index (Phi) is 4.59.